The van der Waals surface area contributed by atoms with E-state index in [1.54, 1.807) is 6.33 Å². The second-order valence-electron chi connectivity index (χ2n) is 4.48. The van der Waals surface area contributed by atoms with Crippen molar-refractivity contribution in [1.29, 1.82) is 0 Å². The molecule has 3 nitrogen and oxygen atoms in total. The average molecular weight is 202 g/mol. The smallest absolute Gasteiger partial charge is 0.0931 e. The van der Waals surface area contributed by atoms with E-state index < -0.39 is 0 Å². The number of aryl methyl sites for hydroxylation is 1. The number of aromatic nitrogens is 2. The highest BCUT2D eigenvalue weighted by Crippen LogP contribution is 2.39. The van der Waals surface area contributed by atoms with E-state index in [-0.39, 0.29) is 5.60 Å². The van der Waals surface area contributed by atoms with Crippen LogP contribution in [0, 0.1) is 0 Å². The summed E-state index contributed by atoms with van der Waals surface area (Å²) in [5.74, 6) is 0. The van der Waals surface area contributed by atoms with Gasteiger partial charge >= 0.3 is 0 Å². The maximum atomic E-state index is 9.74. The fourth-order valence-corrected chi connectivity index (χ4v) is 1.91. The molecule has 3 rings (SSSR count). The lowest BCUT2D eigenvalue weighted by Gasteiger charge is -2.06. The highest BCUT2D eigenvalue weighted by atomic mass is 16.3. The van der Waals surface area contributed by atoms with Gasteiger partial charge in [0.15, 0.2) is 0 Å². The minimum Gasteiger partial charge on any atom is -0.390 e. The van der Waals surface area contributed by atoms with Gasteiger partial charge in [0, 0.05) is 0 Å². The Kier molecular flexibility index (Phi) is 1.83. The van der Waals surface area contributed by atoms with E-state index in [9.17, 15) is 5.11 Å². The number of hydrogen-bond acceptors (Lipinski definition) is 2. The number of benzene rings is 1. The number of aliphatic hydroxyl groups is 1. The van der Waals surface area contributed by atoms with E-state index in [1.165, 1.54) is 5.56 Å². The molecule has 15 heavy (non-hydrogen) atoms. The summed E-state index contributed by atoms with van der Waals surface area (Å²) in [7, 11) is 0. The largest absolute Gasteiger partial charge is 0.390 e. The zero-order valence-corrected chi connectivity index (χ0v) is 8.53. The van der Waals surface area contributed by atoms with Crippen LogP contribution in [0.1, 0.15) is 24.8 Å². The van der Waals surface area contributed by atoms with E-state index >= 15 is 0 Å². The maximum absolute atomic E-state index is 9.74. The molecule has 3 heteroatoms. The molecule has 0 radical (unpaired) electrons. The molecular weight excluding hydrogens is 188 g/mol. The predicted octanol–water partition coefficient (Wildman–Crippen LogP) is 2.02. The molecule has 2 aromatic rings. The summed E-state index contributed by atoms with van der Waals surface area (Å²) in [6.07, 6.45) is 5.49. The molecule has 0 spiro atoms. The number of fused-ring (bicyclic) bond motifs is 1. The normalized spacial score (nSPS) is 18.2. The Balaban J connectivity index is 1.78. The van der Waals surface area contributed by atoms with Crippen molar-refractivity contribution in [3.8, 4) is 0 Å². The van der Waals surface area contributed by atoms with Gasteiger partial charge in [-0.25, -0.2) is 4.98 Å². The molecule has 0 aliphatic heterocycles. The van der Waals surface area contributed by atoms with Crippen LogP contribution in [0.2, 0.25) is 0 Å². The van der Waals surface area contributed by atoms with Crippen LogP contribution in [0.3, 0.4) is 0 Å². The average Bonchev–Trinajstić information content (AvgIpc) is 2.80. The van der Waals surface area contributed by atoms with Crippen molar-refractivity contribution in [1.82, 2.24) is 9.97 Å². The summed E-state index contributed by atoms with van der Waals surface area (Å²) < 4.78 is 0. The Labute approximate surface area is 88.2 Å². The molecular formula is C12H14N2O. The van der Waals surface area contributed by atoms with E-state index in [4.69, 9.17) is 0 Å². The van der Waals surface area contributed by atoms with Crippen molar-refractivity contribution in [3.05, 3.63) is 30.1 Å². The summed E-state index contributed by atoms with van der Waals surface area (Å²) in [6.45, 7) is 0. The van der Waals surface area contributed by atoms with Crippen LogP contribution in [0.5, 0.6) is 0 Å². The first-order valence-corrected chi connectivity index (χ1v) is 5.40. The van der Waals surface area contributed by atoms with Crippen molar-refractivity contribution in [2.45, 2.75) is 31.3 Å². The lowest BCUT2D eigenvalue weighted by atomic mass is 10.1. The molecule has 1 fully saturated rings. The Morgan fingerprint density at radius 1 is 1.40 bits per heavy atom. The molecule has 78 valence electrons. The molecule has 0 atom stereocenters. The molecule has 1 aliphatic carbocycles. The summed E-state index contributed by atoms with van der Waals surface area (Å²) in [5, 5.41) is 9.74. The van der Waals surface area contributed by atoms with Crippen LogP contribution in [-0.2, 0) is 6.42 Å². The molecule has 1 aliphatic rings. The van der Waals surface area contributed by atoms with Gasteiger partial charge in [-0.15, -0.1) is 0 Å². The minimum absolute atomic E-state index is 0.344. The van der Waals surface area contributed by atoms with Crippen molar-refractivity contribution in [2.24, 2.45) is 0 Å². The number of hydrogen-bond donors (Lipinski definition) is 2. The van der Waals surface area contributed by atoms with Gasteiger partial charge in [-0.2, -0.15) is 0 Å². The lowest BCUT2D eigenvalue weighted by Crippen LogP contribution is -2.07. The fourth-order valence-electron chi connectivity index (χ4n) is 1.91. The monoisotopic (exact) mass is 202 g/mol. The minimum atomic E-state index is -0.344. The molecule has 1 aromatic carbocycles. The molecule has 1 heterocycles. The first-order valence-electron chi connectivity index (χ1n) is 5.40. The summed E-state index contributed by atoms with van der Waals surface area (Å²) in [5.41, 5.74) is 3.01. The van der Waals surface area contributed by atoms with Crippen LogP contribution in [0.4, 0.5) is 0 Å². The van der Waals surface area contributed by atoms with Crippen LogP contribution in [0.25, 0.3) is 11.0 Å². The molecule has 0 amide bonds. The van der Waals surface area contributed by atoms with E-state index in [0.717, 1.165) is 36.7 Å². The number of nitrogens with zero attached hydrogens (tertiary/aromatic N) is 1. The van der Waals surface area contributed by atoms with Gasteiger partial charge < -0.3 is 10.1 Å². The molecule has 2 N–H and O–H groups in total. The van der Waals surface area contributed by atoms with Crippen molar-refractivity contribution >= 4 is 11.0 Å². The van der Waals surface area contributed by atoms with Gasteiger partial charge in [-0.05, 0) is 43.4 Å². The zero-order valence-electron chi connectivity index (χ0n) is 8.53. The summed E-state index contributed by atoms with van der Waals surface area (Å²) >= 11 is 0. The topological polar surface area (TPSA) is 48.9 Å². The molecule has 1 saturated carbocycles. The molecule has 0 saturated heterocycles. The van der Waals surface area contributed by atoms with Crippen LogP contribution in [-0.4, -0.2) is 20.7 Å². The van der Waals surface area contributed by atoms with E-state index in [1.807, 2.05) is 6.07 Å². The Hall–Kier alpha value is -1.35. The Bertz CT molecular complexity index is 485. The summed E-state index contributed by atoms with van der Waals surface area (Å²) in [6, 6.07) is 6.24. The Morgan fingerprint density at radius 3 is 3.07 bits per heavy atom. The van der Waals surface area contributed by atoms with Crippen molar-refractivity contribution in [2.75, 3.05) is 0 Å². The third kappa shape index (κ3) is 1.75. The van der Waals surface area contributed by atoms with E-state index in [0.29, 0.717) is 0 Å². The number of H-pyrrole nitrogens is 1. The first kappa shape index (κ1) is 8.92. The van der Waals surface area contributed by atoms with Gasteiger partial charge in [0.2, 0.25) is 0 Å². The quantitative estimate of drug-likeness (QED) is 0.800. The van der Waals surface area contributed by atoms with Gasteiger partial charge in [-0.1, -0.05) is 6.07 Å². The van der Waals surface area contributed by atoms with Gasteiger partial charge in [0.05, 0.1) is 23.0 Å². The van der Waals surface area contributed by atoms with Crippen LogP contribution in [0.15, 0.2) is 24.5 Å². The maximum Gasteiger partial charge on any atom is 0.0931 e. The van der Waals surface area contributed by atoms with Crippen molar-refractivity contribution < 1.29 is 5.11 Å². The number of rotatable bonds is 3. The van der Waals surface area contributed by atoms with E-state index in [2.05, 4.69) is 22.1 Å². The third-order valence-corrected chi connectivity index (χ3v) is 3.19. The van der Waals surface area contributed by atoms with Crippen LogP contribution >= 0.6 is 0 Å². The fraction of sp³-hybridized carbons (Fsp3) is 0.417. The van der Waals surface area contributed by atoms with Crippen LogP contribution < -0.4 is 0 Å². The van der Waals surface area contributed by atoms with Gasteiger partial charge in [-0.3, -0.25) is 0 Å². The predicted molar refractivity (Wildman–Crippen MR) is 58.6 cm³/mol. The first-order chi connectivity index (χ1) is 7.25. The molecule has 1 aromatic heterocycles. The number of nitrogens with one attached hydrogen (secondary N) is 1. The Morgan fingerprint density at radius 2 is 2.27 bits per heavy atom. The van der Waals surface area contributed by atoms with Crippen molar-refractivity contribution in [3.63, 3.8) is 0 Å². The van der Waals surface area contributed by atoms with Gasteiger partial charge in [0.1, 0.15) is 0 Å². The third-order valence-electron chi connectivity index (χ3n) is 3.19. The lowest BCUT2D eigenvalue weighted by molar-refractivity contribution is 0.140. The number of imidazole rings is 1. The number of aromatic amines is 1. The molecule has 0 bridgehead atoms. The second kappa shape index (κ2) is 3.07. The SMILES string of the molecule is OC1(CCc2ccc3nc[nH]c3c2)CC1. The highest BCUT2D eigenvalue weighted by Gasteiger charge is 2.39. The summed E-state index contributed by atoms with van der Waals surface area (Å²) in [4.78, 5) is 7.28. The second-order valence-corrected chi connectivity index (χ2v) is 4.48. The van der Waals surface area contributed by atoms with Gasteiger partial charge in [0.25, 0.3) is 0 Å². The standard InChI is InChI=1S/C12H14N2O/c15-12(5-6-12)4-3-9-1-2-10-11(7-9)14-8-13-10/h1-2,7-8,15H,3-6H2,(H,13,14). The highest BCUT2D eigenvalue weighted by molar-refractivity contribution is 5.75. The molecule has 0 unspecified atom stereocenters. The zero-order chi connectivity index (χ0) is 10.3.